The quantitative estimate of drug-likeness (QED) is 0.912. The third-order valence-electron chi connectivity index (χ3n) is 4.17. The summed E-state index contributed by atoms with van der Waals surface area (Å²) in [6.45, 7) is 4.30. The van der Waals surface area contributed by atoms with Gasteiger partial charge in [0.05, 0.1) is 4.47 Å². The van der Waals surface area contributed by atoms with Crippen LogP contribution in [0.3, 0.4) is 0 Å². The van der Waals surface area contributed by atoms with Crippen molar-refractivity contribution >= 4 is 15.9 Å². The van der Waals surface area contributed by atoms with Crippen molar-refractivity contribution in [2.24, 2.45) is 5.92 Å². The van der Waals surface area contributed by atoms with Crippen LogP contribution in [0.4, 0.5) is 4.39 Å². The Bertz CT molecular complexity index is 442. The van der Waals surface area contributed by atoms with E-state index >= 15 is 0 Å². The lowest BCUT2D eigenvalue weighted by atomic mass is 9.98. The van der Waals surface area contributed by atoms with Crippen LogP contribution in [0, 0.1) is 11.7 Å². The van der Waals surface area contributed by atoms with Gasteiger partial charge in [-0.25, -0.2) is 4.39 Å². The number of rotatable bonds is 4. The van der Waals surface area contributed by atoms with E-state index in [0.29, 0.717) is 10.5 Å². The number of halogens is 2. The van der Waals surface area contributed by atoms with Gasteiger partial charge < -0.3 is 5.32 Å². The zero-order valence-corrected chi connectivity index (χ0v) is 12.6. The molecule has 0 aromatic heterocycles. The van der Waals surface area contributed by atoms with Gasteiger partial charge in [0.1, 0.15) is 5.82 Å². The predicted molar refractivity (Wildman–Crippen MR) is 78.6 cm³/mol. The first-order valence-electron chi connectivity index (χ1n) is 7.14. The lowest BCUT2D eigenvalue weighted by Crippen LogP contribution is -2.45. The molecule has 2 aliphatic rings. The molecule has 0 bridgehead atoms. The van der Waals surface area contributed by atoms with Crippen LogP contribution in [0.25, 0.3) is 0 Å². The van der Waals surface area contributed by atoms with Crippen molar-refractivity contribution in [2.75, 3.05) is 26.2 Å². The number of nitrogens with one attached hydrogen (secondary N) is 1. The third kappa shape index (κ3) is 3.36. The van der Waals surface area contributed by atoms with Crippen LogP contribution in [-0.4, -0.2) is 31.1 Å². The molecule has 1 aromatic carbocycles. The average Bonchev–Trinajstić information content (AvgIpc) is 3.24. The molecule has 0 radical (unpaired) electrons. The van der Waals surface area contributed by atoms with E-state index in [0.717, 1.165) is 32.1 Å². The van der Waals surface area contributed by atoms with E-state index < -0.39 is 0 Å². The highest BCUT2D eigenvalue weighted by atomic mass is 79.9. The van der Waals surface area contributed by atoms with E-state index in [2.05, 4.69) is 26.1 Å². The van der Waals surface area contributed by atoms with Crippen molar-refractivity contribution in [3.63, 3.8) is 0 Å². The molecule has 1 aliphatic heterocycles. The summed E-state index contributed by atoms with van der Waals surface area (Å²) in [6, 6.07) is 5.95. The second kappa shape index (κ2) is 5.90. The fraction of sp³-hybridized carbons (Fsp3) is 0.600. The van der Waals surface area contributed by atoms with Crippen molar-refractivity contribution in [3.8, 4) is 0 Å². The number of hydrogen-bond donors (Lipinski definition) is 1. The summed E-state index contributed by atoms with van der Waals surface area (Å²) in [5.41, 5.74) is 1.25. The molecule has 1 saturated heterocycles. The van der Waals surface area contributed by atoms with Crippen LogP contribution in [0.1, 0.15) is 30.9 Å². The smallest absolute Gasteiger partial charge is 0.137 e. The van der Waals surface area contributed by atoms with Gasteiger partial charge >= 0.3 is 0 Å². The predicted octanol–water partition coefficient (Wildman–Crippen LogP) is 3.33. The maximum atomic E-state index is 13.4. The molecule has 1 N–H and O–H groups in total. The zero-order valence-electron chi connectivity index (χ0n) is 11.0. The minimum Gasteiger partial charge on any atom is -0.314 e. The Morgan fingerprint density at radius 2 is 2.05 bits per heavy atom. The van der Waals surface area contributed by atoms with Gasteiger partial charge in [0.25, 0.3) is 0 Å². The molecule has 1 aromatic rings. The number of benzene rings is 1. The summed E-state index contributed by atoms with van der Waals surface area (Å²) in [5.74, 6) is 0.706. The minimum atomic E-state index is -0.172. The zero-order chi connectivity index (χ0) is 13.2. The molecule has 0 unspecified atom stereocenters. The molecule has 1 atom stereocenters. The maximum Gasteiger partial charge on any atom is 0.137 e. The van der Waals surface area contributed by atoms with Gasteiger partial charge in [-0.05, 0) is 46.0 Å². The number of hydrogen-bond acceptors (Lipinski definition) is 2. The topological polar surface area (TPSA) is 15.3 Å². The Morgan fingerprint density at radius 3 is 2.68 bits per heavy atom. The second-order valence-corrected chi connectivity index (χ2v) is 6.51. The van der Waals surface area contributed by atoms with Crippen LogP contribution >= 0.6 is 15.9 Å². The van der Waals surface area contributed by atoms with Gasteiger partial charge in [0, 0.05) is 32.2 Å². The summed E-state index contributed by atoms with van der Waals surface area (Å²) in [4.78, 5) is 2.55. The Labute approximate surface area is 122 Å². The molecule has 4 heteroatoms. The highest BCUT2D eigenvalue weighted by molar-refractivity contribution is 9.10. The molecule has 1 heterocycles. The minimum absolute atomic E-state index is 0.172. The van der Waals surface area contributed by atoms with E-state index in [9.17, 15) is 4.39 Å². The largest absolute Gasteiger partial charge is 0.314 e. The fourth-order valence-corrected chi connectivity index (χ4v) is 3.28. The molecule has 3 rings (SSSR count). The number of piperazine rings is 1. The summed E-state index contributed by atoms with van der Waals surface area (Å²) in [6.07, 6.45) is 3.95. The molecule has 0 amide bonds. The highest BCUT2D eigenvalue weighted by Crippen LogP contribution is 2.40. The molecule has 1 aliphatic carbocycles. The van der Waals surface area contributed by atoms with Crippen molar-refractivity contribution in [1.29, 1.82) is 0 Å². The molecule has 2 nitrogen and oxygen atoms in total. The van der Waals surface area contributed by atoms with E-state index in [1.165, 1.54) is 24.8 Å². The van der Waals surface area contributed by atoms with Gasteiger partial charge in [-0.15, -0.1) is 0 Å². The molecule has 2 fully saturated rings. The van der Waals surface area contributed by atoms with Crippen LogP contribution in [0.15, 0.2) is 22.7 Å². The summed E-state index contributed by atoms with van der Waals surface area (Å²) in [7, 11) is 0. The second-order valence-electron chi connectivity index (χ2n) is 5.65. The van der Waals surface area contributed by atoms with Gasteiger partial charge in [-0.3, -0.25) is 4.90 Å². The molecule has 1 saturated carbocycles. The molecule has 104 valence electrons. The molecular weight excluding hydrogens is 307 g/mol. The van der Waals surface area contributed by atoms with Crippen LogP contribution in [0.2, 0.25) is 0 Å². The lowest BCUT2D eigenvalue weighted by Gasteiger charge is -2.35. The van der Waals surface area contributed by atoms with Crippen LogP contribution < -0.4 is 5.32 Å². The maximum absolute atomic E-state index is 13.4. The summed E-state index contributed by atoms with van der Waals surface area (Å²) >= 11 is 3.31. The summed E-state index contributed by atoms with van der Waals surface area (Å²) in [5, 5.41) is 3.40. The van der Waals surface area contributed by atoms with Gasteiger partial charge in [0.15, 0.2) is 0 Å². The van der Waals surface area contributed by atoms with Crippen LogP contribution in [-0.2, 0) is 0 Å². The summed E-state index contributed by atoms with van der Waals surface area (Å²) < 4.78 is 14.0. The van der Waals surface area contributed by atoms with Gasteiger partial charge in [-0.1, -0.05) is 18.9 Å². The van der Waals surface area contributed by atoms with Crippen molar-refractivity contribution in [3.05, 3.63) is 34.1 Å². The van der Waals surface area contributed by atoms with Crippen molar-refractivity contribution < 1.29 is 4.39 Å². The number of nitrogens with zero attached hydrogens (tertiary/aromatic N) is 1. The van der Waals surface area contributed by atoms with Gasteiger partial charge in [0.2, 0.25) is 0 Å². The van der Waals surface area contributed by atoms with Crippen molar-refractivity contribution in [2.45, 2.75) is 25.3 Å². The standard InChI is InChI=1S/C15H20BrFN2/c16-13-10-12(3-4-14(13)17)15(9-11-1-2-11)19-7-5-18-6-8-19/h3-4,10-11,15,18H,1-2,5-9H2/t15-/m1/s1. The van der Waals surface area contributed by atoms with E-state index in [4.69, 9.17) is 0 Å². The van der Waals surface area contributed by atoms with Gasteiger partial charge in [-0.2, -0.15) is 0 Å². The molecular formula is C15H20BrFN2. The SMILES string of the molecule is Fc1ccc([C@@H](CC2CC2)N2CCNCC2)cc1Br. The monoisotopic (exact) mass is 326 g/mol. The molecule has 19 heavy (non-hydrogen) atoms. The normalized spacial score (nSPS) is 22.4. The lowest BCUT2D eigenvalue weighted by molar-refractivity contribution is 0.160. The van der Waals surface area contributed by atoms with Crippen LogP contribution in [0.5, 0.6) is 0 Å². The first-order chi connectivity index (χ1) is 9.24. The van der Waals surface area contributed by atoms with E-state index in [-0.39, 0.29) is 5.82 Å². The third-order valence-corrected chi connectivity index (χ3v) is 4.78. The Morgan fingerprint density at radius 1 is 1.32 bits per heavy atom. The average molecular weight is 327 g/mol. The fourth-order valence-electron chi connectivity index (χ4n) is 2.88. The van der Waals surface area contributed by atoms with Crippen molar-refractivity contribution in [1.82, 2.24) is 10.2 Å². The van der Waals surface area contributed by atoms with E-state index in [1.807, 2.05) is 12.1 Å². The Kier molecular flexibility index (Phi) is 4.20. The molecule has 0 spiro atoms. The Balaban J connectivity index is 1.81. The highest BCUT2D eigenvalue weighted by Gasteiger charge is 2.30. The first-order valence-corrected chi connectivity index (χ1v) is 7.93. The Hall–Kier alpha value is -0.450. The first kappa shape index (κ1) is 13.5. The van der Waals surface area contributed by atoms with E-state index in [1.54, 1.807) is 6.07 Å².